The third-order valence-electron chi connectivity index (χ3n) is 4.98. The Morgan fingerprint density at radius 2 is 1.78 bits per heavy atom. The lowest BCUT2D eigenvalue weighted by Gasteiger charge is -2.16. The molecule has 32 heavy (non-hydrogen) atoms. The Morgan fingerprint density at radius 3 is 2.50 bits per heavy atom. The molecule has 4 aromatic rings. The Morgan fingerprint density at radius 1 is 1.00 bits per heavy atom. The third kappa shape index (κ3) is 4.05. The van der Waals surface area contributed by atoms with Gasteiger partial charge in [-0.2, -0.15) is 0 Å². The minimum absolute atomic E-state index is 0.134. The van der Waals surface area contributed by atoms with Gasteiger partial charge in [-0.05, 0) is 55.0 Å². The lowest BCUT2D eigenvalue weighted by atomic mass is 10.1. The molecule has 9 heteroatoms. The molecule has 0 bridgehead atoms. The van der Waals surface area contributed by atoms with E-state index in [1.165, 1.54) is 13.1 Å². The van der Waals surface area contributed by atoms with Crippen LogP contribution in [0.4, 0.5) is 5.69 Å². The molecule has 2 heterocycles. The average Bonchev–Trinajstić information content (AvgIpc) is 3.23. The van der Waals surface area contributed by atoms with E-state index in [0.29, 0.717) is 37.6 Å². The summed E-state index contributed by atoms with van der Waals surface area (Å²) < 4.78 is 1.82. The van der Waals surface area contributed by atoms with Gasteiger partial charge in [0.05, 0.1) is 33.7 Å². The van der Waals surface area contributed by atoms with Crippen LogP contribution in [0.15, 0.2) is 54.9 Å². The van der Waals surface area contributed by atoms with Gasteiger partial charge in [-0.15, -0.1) is 0 Å². The molecule has 0 aliphatic carbocycles. The van der Waals surface area contributed by atoms with Crippen molar-refractivity contribution in [3.8, 4) is 11.3 Å². The summed E-state index contributed by atoms with van der Waals surface area (Å²) in [6.45, 7) is 1.76. The van der Waals surface area contributed by atoms with Gasteiger partial charge in [-0.25, -0.2) is 4.98 Å². The van der Waals surface area contributed by atoms with Crippen LogP contribution < -0.4 is 10.6 Å². The van der Waals surface area contributed by atoms with E-state index in [1.54, 1.807) is 37.4 Å². The topological polar surface area (TPSA) is 75.5 Å². The second kappa shape index (κ2) is 8.82. The van der Waals surface area contributed by atoms with Crippen LogP contribution in [0.1, 0.15) is 26.4 Å². The molecule has 4 rings (SSSR count). The Bertz CT molecular complexity index is 1380. The highest BCUT2D eigenvalue weighted by Gasteiger charge is 2.23. The molecule has 6 nitrogen and oxygen atoms in total. The van der Waals surface area contributed by atoms with E-state index < -0.39 is 5.91 Å². The van der Waals surface area contributed by atoms with Gasteiger partial charge in [0, 0.05) is 28.9 Å². The number of nitrogens with one attached hydrogen (secondary N) is 2. The zero-order valence-corrected chi connectivity index (χ0v) is 19.3. The van der Waals surface area contributed by atoms with E-state index in [2.05, 4.69) is 15.6 Å². The van der Waals surface area contributed by atoms with Crippen molar-refractivity contribution in [1.82, 2.24) is 14.7 Å². The van der Waals surface area contributed by atoms with Crippen molar-refractivity contribution >= 4 is 57.8 Å². The molecule has 2 N–H and O–H groups in total. The molecule has 0 radical (unpaired) electrons. The Balaban J connectivity index is 1.87. The van der Waals surface area contributed by atoms with Crippen molar-refractivity contribution in [2.75, 3.05) is 12.4 Å². The first kappa shape index (κ1) is 22.1. The molecule has 2 aromatic carbocycles. The zero-order chi connectivity index (χ0) is 23.0. The largest absolute Gasteiger partial charge is 0.355 e. The number of nitrogens with zero attached hydrogens (tertiary/aromatic N) is 2. The van der Waals surface area contributed by atoms with E-state index in [4.69, 9.17) is 34.8 Å². The van der Waals surface area contributed by atoms with Gasteiger partial charge in [-0.1, -0.05) is 34.8 Å². The highest BCUT2D eigenvalue weighted by Crippen LogP contribution is 2.34. The van der Waals surface area contributed by atoms with Crippen molar-refractivity contribution in [1.29, 1.82) is 0 Å². The number of amides is 2. The van der Waals surface area contributed by atoms with Crippen LogP contribution in [0.5, 0.6) is 0 Å². The summed E-state index contributed by atoms with van der Waals surface area (Å²) in [5.74, 6) is -0.877. The molecule has 0 atom stereocenters. The van der Waals surface area contributed by atoms with E-state index in [1.807, 2.05) is 22.7 Å². The van der Waals surface area contributed by atoms with Crippen LogP contribution in [-0.2, 0) is 0 Å². The van der Waals surface area contributed by atoms with E-state index in [0.717, 1.165) is 5.52 Å². The second-order valence-electron chi connectivity index (χ2n) is 7.06. The molecular weight excluding hydrogens is 471 g/mol. The monoisotopic (exact) mass is 486 g/mol. The van der Waals surface area contributed by atoms with Gasteiger partial charge in [0.25, 0.3) is 11.8 Å². The Labute approximate surface area is 199 Å². The quantitative estimate of drug-likeness (QED) is 0.377. The van der Waals surface area contributed by atoms with Gasteiger partial charge in [-0.3, -0.25) is 9.59 Å². The molecule has 0 aliphatic heterocycles. The maximum absolute atomic E-state index is 13.4. The molecule has 0 fully saturated rings. The molecule has 0 aliphatic rings. The predicted octanol–water partition coefficient (Wildman–Crippen LogP) is 5.88. The third-order valence-corrected chi connectivity index (χ3v) is 5.75. The number of carbonyl (C=O) groups is 2. The number of hydrogen-bond acceptors (Lipinski definition) is 3. The maximum Gasteiger partial charge on any atom is 0.276 e. The smallest absolute Gasteiger partial charge is 0.276 e. The fraction of sp³-hybridized carbons (Fsp3) is 0.0870. The summed E-state index contributed by atoms with van der Waals surface area (Å²) in [6.07, 6.45) is 3.41. The number of benzene rings is 2. The van der Waals surface area contributed by atoms with Crippen molar-refractivity contribution in [3.05, 3.63) is 86.7 Å². The van der Waals surface area contributed by atoms with Crippen molar-refractivity contribution in [3.63, 3.8) is 0 Å². The summed E-state index contributed by atoms with van der Waals surface area (Å²) >= 11 is 18.7. The van der Waals surface area contributed by atoms with Crippen molar-refractivity contribution < 1.29 is 9.59 Å². The van der Waals surface area contributed by atoms with Crippen LogP contribution >= 0.6 is 34.8 Å². The molecule has 0 spiro atoms. The van der Waals surface area contributed by atoms with Crippen LogP contribution in [-0.4, -0.2) is 28.2 Å². The molecule has 0 unspecified atom stereocenters. The molecule has 2 aromatic heterocycles. The van der Waals surface area contributed by atoms with Gasteiger partial charge in [0.2, 0.25) is 0 Å². The maximum atomic E-state index is 13.4. The number of anilines is 1. The number of aryl methyl sites for hydroxylation is 1. The van der Waals surface area contributed by atoms with Gasteiger partial charge >= 0.3 is 0 Å². The SMILES string of the molecule is CNC(=O)c1cc(Cl)cc(C)c1NC(=O)c1ncc2cccn2c1-c1ccc(Cl)cc1Cl. The summed E-state index contributed by atoms with van der Waals surface area (Å²) in [5.41, 5.74) is 3.25. The molecular formula is C23H17Cl3N4O2. The average molecular weight is 488 g/mol. The van der Waals surface area contributed by atoms with Gasteiger partial charge < -0.3 is 15.0 Å². The van der Waals surface area contributed by atoms with Crippen LogP contribution in [0.3, 0.4) is 0 Å². The van der Waals surface area contributed by atoms with E-state index in [9.17, 15) is 9.59 Å². The number of fused-ring (bicyclic) bond motifs is 1. The van der Waals surface area contributed by atoms with Gasteiger partial charge in [0.1, 0.15) is 0 Å². The predicted molar refractivity (Wildman–Crippen MR) is 128 cm³/mol. The van der Waals surface area contributed by atoms with Crippen LogP contribution in [0, 0.1) is 6.92 Å². The highest BCUT2D eigenvalue weighted by atomic mass is 35.5. The number of hydrogen-bond donors (Lipinski definition) is 2. The number of halogens is 3. The standard InChI is InChI=1S/C23H17Cl3N4O2/c1-12-8-14(25)9-17(22(31)27-2)19(12)29-23(32)20-21(16-6-5-13(24)10-18(16)26)30-7-3-4-15(30)11-28-20/h3-11H,1-2H3,(H,27,31)(H,29,32). The summed E-state index contributed by atoms with van der Waals surface area (Å²) in [5, 5.41) is 6.64. The number of aromatic nitrogens is 2. The molecule has 0 saturated carbocycles. The van der Waals surface area contributed by atoms with E-state index >= 15 is 0 Å². The second-order valence-corrected chi connectivity index (χ2v) is 8.34. The fourth-order valence-electron chi connectivity index (χ4n) is 3.51. The summed E-state index contributed by atoms with van der Waals surface area (Å²) in [4.78, 5) is 30.2. The fourth-order valence-corrected chi connectivity index (χ4v) is 4.28. The van der Waals surface area contributed by atoms with E-state index in [-0.39, 0.29) is 17.2 Å². The first-order chi connectivity index (χ1) is 15.3. The molecule has 0 saturated heterocycles. The highest BCUT2D eigenvalue weighted by molar-refractivity contribution is 6.36. The number of carbonyl (C=O) groups excluding carboxylic acids is 2. The van der Waals surface area contributed by atoms with Gasteiger partial charge in [0.15, 0.2) is 5.69 Å². The minimum atomic E-state index is -0.503. The first-order valence-electron chi connectivity index (χ1n) is 9.55. The first-order valence-corrected chi connectivity index (χ1v) is 10.7. The van der Waals surface area contributed by atoms with Crippen LogP contribution in [0.25, 0.3) is 16.8 Å². The zero-order valence-electron chi connectivity index (χ0n) is 17.0. The Kier molecular flexibility index (Phi) is 6.11. The summed E-state index contributed by atoms with van der Waals surface area (Å²) in [7, 11) is 1.51. The van der Waals surface area contributed by atoms with Crippen LogP contribution in [0.2, 0.25) is 15.1 Å². The normalized spacial score (nSPS) is 10.9. The Hall–Kier alpha value is -3.06. The van der Waals surface area contributed by atoms with Crippen molar-refractivity contribution in [2.24, 2.45) is 0 Å². The van der Waals surface area contributed by atoms with Crippen molar-refractivity contribution in [2.45, 2.75) is 6.92 Å². The molecule has 162 valence electrons. The lowest BCUT2D eigenvalue weighted by molar-refractivity contribution is 0.0964. The molecule has 2 amide bonds. The summed E-state index contributed by atoms with van der Waals surface area (Å²) in [6, 6.07) is 11.9. The minimum Gasteiger partial charge on any atom is -0.355 e. The lowest BCUT2D eigenvalue weighted by Crippen LogP contribution is -2.23. The number of rotatable bonds is 4.